The van der Waals surface area contributed by atoms with Crippen molar-refractivity contribution in [2.45, 2.75) is 77.6 Å². The minimum atomic E-state index is -0.444. The van der Waals surface area contributed by atoms with Crippen molar-refractivity contribution in [3.8, 4) is 0 Å². The zero-order valence-electron chi connectivity index (χ0n) is 15.3. The van der Waals surface area contributed by atoms with Gasteiger partial charge in [0, 0.05) is 20.2 Å². The molecule has 1 heterocycles. The van der Waals surface area contributed by atoms with E-state index >= 15 is 0 Å². The molecule has 0 aromatic heterocycles. The van der Waals surface area contributed by atoms with Gasteiger partial charge in [0.05, 0.1) is 17.8 Å². The van der Waals surface area contributed by atoms with Crippen LogP contribution < -0.4 is 0 Å². The number of likely N-dealkylation sites (tertiary alicyclic amines) is 1. The molecule has 0 unspecified atom stereocenters. The van der Waals surface area contributed by atoms with Crippen LogP contribution in [0.3, 0.4) is 0 Å². The monoisotopic (exact) mass is 315 g/mol. The number of piperidine rings is 1. The van der Waals surface area contributed by atoms with Gasteiger partial charge in [-0.1, -0.05) is 0 Å². The summed E-state index contributed by atoms with van der Waals surface area (Å²) in [6, 6.07) is 0. The lowest BCUT2D eigenvalue weighted by Gasteiger charge is -2.40. The van der Waals surface area contributed by atoms with Crippen LogP contribution in [0.15, 0.2) is 0 Å². The maximum atomic E-state index is 12.1. The van der Waals surface area contributed by atoms with Crippen molar-refractivity contribution in [3.63, 3.8) is 0 Å². The van der Waals surface area contributed by atoms with Crippen LogP contribution in [-0.2, 0) is 14.2 Å². The second kappa shape index (κ2) is 7.18. The summed E-state index contributed by atoms with van der Waals surface area (Å²) in [6.07, 6.45) is 2.30. The van der Waals surface area contributed by atoms with Crippen molar-refractivity contribution in [1.82, 2.24) is 4.90 Å². The van der Waals surface area contributed by atoms with E-state index in [9.17, 15) is 4.79 Å². The summed E-state index contributed by atoms with van der Waals surface area (Å²) in [5.41, 5.74) is -0.768. The molecule has 0 saturated carbocycles. The molecule has 1 aliphatic rings. The maximum absolute atomic E-state index is 12.1. The molecule has 1 rings (SSSR count). The number of carbonyl (C=O) groups excluding carboxylic acids is 1. The van der Waals surface area contributed by atoms with Gasteiger partial charge < -0.3 is 19.1 Å². The predicted molar refractivity (Wildman–Crippen MR) is 87.1 cm³/mol. The topological polar surface area (TPSA) is 48.0 Å². The van der Waals surface area contributed by atoms with Crippen LogP contribution in [0.1, 0.15) is 60.8 Å². The Hall–Kier alpha value is -0.810. The molecule has 130 valence electrons. The van der Waals surface area contributed by atoms with Crippen molar-refractivity contribution in [3.05, 3.63) is 0 Å². The molecule has 1 saturated heterocycles. The molecule has 0 aromatic rings. The second-order valence-corrected chi connectivity index (χ2v) is 7.98. The van der Waals surface area contributed by atoms with E-state index in [4.69, 9.17) is 14.2 Å². The molecular formula is C17H33NO4. The van der Waals surface area contributed by atoms with Gasteiger partial charge in [-0.25, -0.2) is 4.79 Å². The van der Waals surface area contributed by atoms with E-state index in [0.717, 1.165) is 19.3 Å². The highest BCUT2D eigenvalue weighted by molar-refractivity contribution is 5.68. The highest BCUT2D eigenvalue weighted by Crippen LogP contribution is 2.28. The van der Waals surface area contributed by atoms with Gasteiger partial charge in [0.15, 0.2) is 0 Å². The number of hydrogen-bond acceptors (Lipinski definition) is 4. The minimum absolute atomic E-state index is 0.159. The fourth-order valence-corrected chi connectivity index (χ4v) is 2.28. The first kappa shape index (κ1) is 19.2. The largest absolute Gasteiger partial charge is 0.444 e. The summed E-state index contributed by atoms with van der Waals surface area (Å²) in [5.74, 6) is 0. The third-order valence-electron chi connectivity index (χ3n) is 4.18. The molecule has 5 nitrogen and oxygen atoms in total. The molecule has 1 amide bonds. The molecule has 0 aromatic carbocycles. The Morgan fingerprint density at radius 1 is 1.14 bits per heavy atom. The van der Waals surface area contributed by atoms with E-state index in [1.165, 1.54) is 0 Å². The summed E-state index contributed by atoms with van der Waals surface area (Å²) >= 11 is 0. The fraction of sp³-hybridized carbons (Fsp3) is 0.941. The van der Waals surface area contributed by atoms with Gasteiger partial charge in [0.1, 0.15) is 5.60 Å². The summed E-state index contributed by atoms with van der Waals surface area (Å²) in [7, 11) is 1.72. The zero-order valence-corrected chi connectivity index (χ0v) is 15.3. The van der Waals surface area contributed by atoms with Crippen molar-refractivity contribution in [1.29, 1.82) is 0 Å². The first-order chi connectivity index (χ1) is 9.96. The second-order valence-electron chi connectivity index (χ2n) is 7.98. The average Bonchev–Trinajstić information content (AvgIpc) is 2.37. The lowest BCUT2D eigenvalue weighted by Crippen LogP contribution is -2.48. The quantitative estimate of drug-likeness (QED) is 0.777. The van der Waals surface area contributed by atoms with Gasteiger partial charge in [0.25, 0.3) is 0 Å². The Balaban J connectivity index is 2.38. The van der Waals surface area contributed by atoms with Crippen molar-refractivity contribution in [2.75, 3.05) is 26.8 Å². The zero-order chi connectivity index (χ0) is 17.0. The molecule has 0 spiro atoms. The van der Waals surface area contributed by atoms with E-state index in [2.05, 4.69) is 20.8 Å². The molecular weight excluding hydrogens is 282 g/mol. The molecule has 1 fully saturated rings. The van der Waals surface area contributed by atoms with Crippen LogP contribution in [0, 0.1) is 0 Å². The number of hydrogen-bond donors (Lipinski definition) is 0. The molecule has 0 N–H and O–H groups in total. The Labute approximate surface area is 135 Å². The van der Waals surface area contributed by atoms with E-state index in [1.54, 1.807) is 12.0 Å². The third kappa shape index (κ3) is 6.53. The van der Waals surface area contributed by atoms with Crippen molar-refractivity contribution < 1.29 is 19.0 Å². The first-order valence-electron chi connectivity index (χ1n) is 8.13. The van der Waals surface area contributed by atoms with Crippen LogP contribution in [0.2, 0.25) is 0 Å². The summed E-state index contributed by atoms with van der Waals surface area (Å²) in [5, 5.41) is 0. The molecule has 5 heteroatoms. The van der Waals surface area contributed by atoms with Gasteiger partial charge in [-0.2, -0.15) is 0 Å². The summed E-state index contributed by atoms with van der Waals surface area (Å²) in [6.45, 7) is 13.9. The van der Waals surface area contributed by atoms with E-state index in [-0.39, 0.29) is 17.3 Å². The third-order valence-corrected chi connectivity index (χ3v) is 4.18. The highest BCUT2D eigenvalue weighted by Gasteiger charge is 2.34. The molecule has 0 radical (unpaired) electrons. The Morgan fingerprint density at radius 2 is 1.68 bits per heavy atom. The minimum Gasteiger partial charge on any atom is -0.444 e. The van der Waals surface area contributed by atoms with Gasteiger partial charge in [-0.15, -0.1) is 0 Å². The van der Waals surface area contributed by atoms with E-state index in [0.29, 0.717) is 19.7 Å². The predicted octanol–water partition coefficient (Wildman–Crippen LogP) is 3.61. The Morgan fingerprint density at radius 3 is 2.14 bits per heavy atom. The number of nitrogens with zero attached hydrogens (tertiary/aromatic N) is 1. The molecule has 1 aliphatic heterocycles. The van der Waals surface area contributed by atoms with Crippen LogP contribution in [0.4, 0.5) is 4.79 Å². The van der Waals surface area contributed by atoms with Gasteiger partial charge in [-0.05, 0) is 60.8 Å². The molecule has 0 bridgehead atoms. The van der Waals surface area contributed by atoms with Crippen molar-refractivity contribution in [2.24, 2.45) is 0 Å². The summed E-state index contributed by atoms with van der Waals surface area (Å²) in [4.78, 5) is 13.8. The average molecular weight is 315 g/mol. The van der Waals surface area contributed by atoms with Crippen molar-refractivity contribution >= 4 is 6.09 Å². The molecule has 0 aliphatic carbocycles. The lowest BCUT2D eigenvalue weighted by molar-refractivity contribution is -0.0916. The van der Waals surface area contributed by atoms with Gasteiger partial charge in [0.2, 0.25) is 0 Å². The van der Waals surface area contributed by atoms with E-state index in [1.807, 2.05) is 20.8 Å². The summed E-state index contributed by atoms with van der Waals surface area (Å²) < 4.78 is 16.9. The maximum Gasteiger partial charge on any atom is 0.410 e. The van der Waals surface area contributed by atoms with Crippen LogP contribution in [0.25, 0.3) is 0 Å². The normalized spacial score (nSPS) is 19.1. The SMILES string of the molecule is COC(C)(C)CCOC1(C)CCN(C(=O)OC(C)(C)C)CC1. The molecule has 22 heavy (non-hydrogen) atoms. The highest BCUT2D eigenvalue weighted by atomic mass is 16.6. The van der Waals surface area contributed by atoms with Crippen LogP contribution >= 0.6 is 0 Å². The number of carbonyl (C=O) groups is 1. The van der Waals surface area contributed by atoms with Crippen LogP contribution in [0.5, 0.6) is 0 Å². The van der Waals surface area contributed by atoms with Crippen LogP contribution in [-0.4, -0.2) is 54.6 Å². The first-order valence-corrected chi connectivity index (χ1v) is 8.13. The molecule has 0 atom stereocenters. The lowest BCUT2D eigenvalue weighted by atomic mass is 9.93. The smallest absolute Gasteiger partial charge is 0.410 e. The number of ether oxygens (including phenoxy) is 3. The van der Waals surface area contributed by atoms with Gasteiger partial charge >= 0.3 is 6.09 Å². The van der Waals surface area contributed by atoms with E-state index < -0.39 is 5.60 Å². The number of amides is 1. The number of methoxy groups -OCH3 is 1. The standard InChI is InChI=1S/C17H33NO4/c1-15(2,3)22-14(19)18-11-8-17(6,9-12-18)21-13-10-16(4,5)20-7/h8-13H2,1-7H3. The Bertz CT molecular complexity index is 365. The van der Waals surface area contributed by atoms with Gasteiger partial charge in [-0.3, -0.25) is 0 Å². The fourth-order valence-electron chi connectivity index (χ4n) is 2.28. The number of rotatable bonds is 5. The Kier molecular flexibility index (Phi) is 6.27.